The Kier molecular flexibility index (Phi) is 10.5. The Morgan fingerprint density at radius 1 is 1.27 bits per heavy atom. The molecule has 0 saturated carbocycles. The summed E-state index contributed by atoms with van der Waals surface area (Å²) in [6.07, 6.45) is 1.87. The molecule has 0 aliphatic heterocycles. The van der Waals surface area contributed by atoms with Crippen molar-refractivity contribution in [1.29, 1.82) is 0 Å². The van der Waals surface area contributed by atoms with Gasteiger partial charge in [-0.05, 0) is 30.4 Å². The average Bonchev–Trinajstić information content (AvgIpc) is 2.53. The SMILES string of the molecule is CN=C(NCc1ccc(C)cc1OC)NCC(C)(C)CCS(C)(=O)=O.I. The summed E-state index contributed by atoms with van der Waals surface area (Å²) in [7, 11) is 0.429. The Balaban J connectivity index is 0.00000625. The first-order chi connectivity index (χ1) is 11.6. The van der Waals surface area contributed by atoms with Gasteiger partial charge < -0.3 is 15.4 Å². The Morgan fingerprint density at radius 3 is 2.46 bits per heavy atom. The summed E-state index contributed by atoms with van der Waals surface area (Å²) in [6, 6.07) is 6.08. The van der Waals surface area contributed by atoms with E-state index in [2.05, 4.69) is 15.6 Å². The number of hydrogen-bond acceptors (Lipinski definition) is 4. The van der Waals surface area contributed by atoms with Crippen LogP contribution in [0.25, 0.3) is 0 Å². The summed E-state index contributed by atoms with van der Waals surface area (Å²) in [5.41, 5.74) is 2.05. The molecule has 1 rings (SSSR count). The van der Waals surface area contributed by atoms with Crippen molar-refractivity contribution in [2.45, 2.75) is 33.7 Å². The molecule has 0 spiro atoms. The Hall–Kier alpha value is -1.03. The minimum atomic E-state index is -2.95. The summed E-state index contributed by atoms with van der Waals surface area (Å²) in [4.78, 5) is 4.22. The number of methoxy groups -OCH3 is 1. The molecule has 6 nitrogen and oxygen atoms in total. The lowest BCUT2D eigenvalue weighted by Crippen LogP contribution is -2.42. The summed E-state index contributed by atoms with van der Waals surface area (Å²) in [5, 5.41) is 6.53. The molecule has 0 amide bonds. The molecule has 0 atom stereocenters. The molecule has 0 radical (unpaired) electrons. The van der Waals surface area contributed by atoms with Gasteiger partial charge in [-0.15, -0.1) is 24.0 Å². The molecule has 150 valence electrons. The van der Waals surface area contributed by atoms with Crippen LogP contribution in [0.1, 0.15) is 31.4 Å². The minimum Gasteiger partial charge on any atom is -0.496 e. The highest BCUT2D eigenvalue weighted by Crippen LogP contribution is 2.20. The molecule has 0 aliphatic carbocycles. The number of aliphatic imine (C=N–C) groups is 1. The maximum absolute atomic E-state index is 11.3. The number of guanidine groups is 1. The zero-order valence-corrected chi connectivity index (χ0v) is 19.7. The highest BCUT2D eigenvalue weighted by atomic mass is 127. The number of halogens is 1. The topological polar surface area (TPSA) is 79.8 Å². The highest BCUT2D eigenvalue weighted by Gasteiger charge is 2.20. The fraction of sp³-hybridized carbons (Fsp3) is 0.611. The number of ether oxygens (including phenoxy) is 1. The Morgan fingerprint density at radius 2 is 1.92 bits per heavy atom. The maximum Gasteiger partial charge on any atom is 0.191 e. The Bertz CT molecular complexity index is 704. The van der Waals surface area contributed by atoms with E-state index in [4.69, 9.17) is 4.74 Å². The van der Waals surface area contributed by atoms with Gasteiger partial charge >= 0.3 is 0 Å². The van der Waals surface area contributed by atoms with Crippen LogP contribution < -0.4 is 15.4 Å². The van der Waals surface area contributed by atoms with E-state index in [-0.39, 0.29) is 35.1 Å². The number of rotatable bonds is 8. The van der Waals surface area contributed by atoms with Crippen molar-refractivity contribution in [3.05, 3.63) is 29.3 Å². The molecule has 0 aliphatic rings. The van der Waals surface area contributed by atoms with Gasteiger partial charge in [-0.2, -0.15) is 0 Å². The van der Waals surface area contributed by atoms with Gasteiger partial charge in [0.05, 0.1) is 12.9 Å². The second kappa shape index (κ2) is 11.0. The number of benzene rings is 1. The van der Waals surface area contributed by atoms with Crippen LogP contribution in [0.15, 0.2) is 23.2 Å². The van der Waals surface area contributed by atoms with Gasteiger partial charge in [0.1, 0.15) is 15.6 Å². The van der Waals surface area contributed by atoms with Crippen molar-refractivity contribution >= 4 is 39.8 Å². The van der Waals surface area contributed by atoms with Crippen molar-refractivity contribution in [3.8, 4) is 5.75 Å². The molecule has 0 unspecified atom stereocenters. The zero-order valence-electron chi connectivity index (χ0n) is 16.5. The lowest BCUT2D eigenvalue weighted by Gasteiger charge is -2.26. The summed E-state index contributed by atoms with van der Waals surface area (Å²) >= 11 is 0. The van der Waals surface area contributed by atoms with Crippen LogP contribution in [0.3, 0.4) is 0 Å². The van der Waals surface area contributed by atoms with Gasteiger partial charge in [-0.3, -0.25) is 4.99 Å². The number of nitrogens with one attached hydrogen (secondary N) is 2. The predicted octanol–water partition coefficient (Wildman–Crippen LogP) is 2.75. The van der Waals surface area contributed by atoms with Crippen molar-refractivity contribution in [3.63, 3.8) is 0 Å². The summed E-state index contributed by atoms with van der Waals surface area (Å²) in [5.74, 6) is 1.71. The molecule has 8 heteroatoms. The monoisotopic (exact) mass is 497 g/mol. The van der Waals surface area contributed by atoms with E-state index in [0.717, 1.165) is 16.9 Å². The predicted molar refractivity (Wildman–Crippen MR) is 119 cm³/mol. The molecule has 0 saturated heterocycles. The second-order valence-electron chi connectivity index (χ2n) is 7.14. The number of sulfone groups is 1. The first kappa shape index (κ1) is 25.0. The molecule has 0 heterocycles. The summed E-state index contributed by atoms with van der Waals surface area (Å²) < 4.78 is 28.1. The van der Waals surface area contributed by atoms with Crippen LogP contribution in [0, 0.1) is 12.3 Å². The van der Waals surface area contributed by atoms with Crippen LogP contribution in [-0.2, 0) is 16.4 Å². The van der Waals surface area contributed by atoms with Crippen molar-refractivity contribution in [2.24, 2.45) is 10.4 Å². The van der Waals surface area contributed by atoms with Crippen LogP contribution in [0.4, 0.5) is 0 Å². The smallest absolute Gasteiger partial charge is 0.191 e. The molecule has 0 fully saturated rings. The van der Waals surface area contributed by atoms with Gasteiger partial charge in [0.2, 0.25) is 0 Å². The van der Waals surface area contributed by atoms with E-state index in [0.29, 0.717) is 25.5 Å². The molecule has 2 N–H and O–H groups in total. The third-order valence-corrected chi connectivity index (χ3v) is 4.94. The van der Waals surface area contributed by atoms with Crippen LogP contribution in [0.2, 0.25) is 0 Å². The number of hydrogen-bond donors (Lipinski definition) is 2. The Labute approximate surface area is 175 Å². The fourth-order valence-corrected chi connectivity index (χ4v) is 3.19. The van der Waals surface area contributed by atoms with Crippen molar-refractivity contribution < 1.29 is 13.2 Å². The minimum absolute atomic E-state index is 0. The normalized spacial score (nSPS) is 12.3. The first-order valence-corrected chi connectivity index (χ1v) is 10.4. The molecular weight excluding hydrogens is 465 g/mol. The van der Waals surface area contributed by atoms with E-state index in [1.165, 1.54) is 6.26 Å². The van der Waals surface area contributed by atoms with Crippen LogP contribution in [-0.4, -0.2) is 47.1 Å². The quantitative estimate of drug-likeness (QED) is 0.328. The first-order valence-electron chi connectivity index (χ1n) is 8.32. The lowest BCUT2D eigenvalue weighted by atomic mass is 9.90. The fourth-order valence-electron chi connectivity index (χ4n) is 2.27. The standard InChI is InChI=1S/C18H31N3O3S.HI/c1-14-7-8-15(16(11-14)24-5)12-20-17(19-4)21-13-18(2,3)9-10-25(6,22)23;/h7-8,11H,9-10,12-13H2,1-6H3,(H2,19,20,21);1H. The van der Waals surface area contributed by atoms with Gasteiger partial charge in [0.15, 0.2) is 5.96 Å². The van der Waals surface area contributed by atoms with Crippen LogP contribution in [0.5, 0.6) is 5.75 Å². The lowest BCUT2D eigenvalue weighted by molar-refractivity contribution is 0.348. The third kappa shape index (κ3) is 9.61. The average molecular weight is 497 g/mol. The number of aryl methyl sites for hydroxylation is 1. The highest BCUT2D eigenvalue weighted by molar-refractivity contribution is 14.0. The molecule has 0 aromatic heterocycles. The molecule has 0 bridgehead atoms. The van der Waals surface area contributed by atoms with Crippen molar-refractivity contribution in [2.75, 3.05) is 32.7 Å². The van der Waals surface area contributed by atoms with Crippen LogP contribution >= 0.6 is 24.0 Å². The largest absolute Gasteiger partial charge is 0.496 e. The van der Waals surface area contributed by atoms with E-state index >= 15 is 0 Å². The van der Waals surface area contributed by atoms with Gasteiger partial charge in [-0.1, -0.05) is 26.0 Å². The number of nitrogens with zero attached hydrogens (tertiary/aromatic N) is 1. The van der Waals surface area contributed by atoms with E-state index in [1.807, 2.05) is 39.0 Å². The molecule has 1 aromatic rings. The maximum atomic E-state index is 11.3. The van der Waals surface area contributed by atoms with E-state index < -0.39 is 9.84 Å². The van der Waals surface area contributed by atoms with Gasteiger partial charge in [-0.25, -0.2) is 8.42 Å². The molecular formula is C18H32IN3O3S. The van der Waals surface area contributed by atoms with E-state index in [1.54, 1.807) is 14.2 Å². The van der Waals surface area contributed by atoms with Gasteiger partial charge in [0.25, 0.3) is 0 Å². The summed E-state index contributed by atoms with van der Waals surface area (Å²) in [6.45, 7) is 7.34. The molecule has 1 aromatic carbocycles. The van der Waals surface area contributed by atoms with Gasteiger partial charge in [0, 0.05) is 32.0 Å². The third-order valence-electron chi connectivity index (χ3n) is 4.00. The van der Waals surface area contributed by atoms with E-state index in [9.17, 15) is 8.42 Å². The second-order valence-corrected chi connectivity index (χ2v) is 9.40. The van der Waals surface area contributed by atoms with Crippen molar-refractivity contribution in [1.82, 2.24) is 10.6 Å². The zero-order chi connectivity index (χ0) is 19.1. The molecule has 26 heavy (non-hydrogen) atoms.